The summed E-state index contributed by atoms with van der Waals surface area (Å²) in [6.07, 6.45) is 1.78. The van der Waals surface area contributed by atoms with Gasteiger partial charge in [-0.05, 0) is 36.2 Å². The Morgan fingerprint density at radius 1 is 1.11 bits per heavy atom. The third kappa shape index (κ3) is 3.69. The summed E-state index contributed by atoms with van der Waals surface area (Å²) in [6, 6.07) is 18.9. The van der Waals surface area contributed by atoms with Crippen molar-refractivity contribution in [2.75, 3.05) is 0 Å². The van der Waals surface area contributed by atoms with Gasteiger partial charge in [0.2, 0.25) is 5.91 Å². The van der Waals surface area contributed by atoms with E-state index in [-0.39, 0.29) is 24.3 Å². The van der Waals surface area contributed by atoms with Crippen LogP contribution in [0.5, 0.6) is 0 Å². The summed E-state index contributed by atoms with van der Waals surface area (Å²) >= 11 is 0. The number of nitrogens with zero attached hydrogens (tertiary/aromatic N) is 1. The normalized spacial score (nSPS) is 14.0. The van der Waals surface area contributed by atoms with Crippen LogP contribution in [0.2, 0.25) is 0 Å². The number of fused-ring (bicyclic) bond motifs is 1. The van der Waals surface area contributed by atoms with E-state index in [2.05, 4.69) is 5.32 Å². The van der Waals surface area contributed by atoms with Crippen molar-refractivity contribution in [3.63, 3.8) is 0 Å². The average molecular weight is 374 g/mol. The fourth-order valence-corrected chi connectivity index (χ4v) is 3.57. The van der Waals surface area contributed by atoms with Crippen LogP contribution < -0.4 is 5.32 Å². The molecule has 0 saturated carbocycles. The molecule has 0 radical (unpaired) electrons. The predicted octanol–water partition coefficient (Wildman–Crippen LogP) is 3.99. The number of hydrogen-bond donors (Lipinski definition) is 1. The van der Waals surface area contributed by atoms with Crippen LogP contribution in [-0.4, -0.2) is 16.7 Å². The van der Waals surface area contributed by atoms with E-state index in [1.807, 2.05) is 61.5 Å². The van der Waals surface area contributed by atoms with E-state index in [1.54, 1.807) is 17.2 Å². The fraction of sp³-hybridized carbons (Fsp3) is 0.217. The molecular weight excluding hydrogens is 352 g/mol. The third-order valence-corrected chi connectivity index (χ3v) is 5.11. The highest BCUT2D eigenvalue weighted by Crippen LogP contribution is 2.33. The van der Waals surface area contributed by atoms with Gasteiger partial charge in [0.15, 0.2) is 0 Å². The van der Waals surface area contributed by atoms with Gasteiger partial charge in [0.1, 0.15) is 5.76 Å². The van der Waals surface area contributed by atoms with E-state index in [0.29, 0.717) is 18.8 Å². The van der Waals surface area contributed by atoms with Gasteiger partial charge in [-0.15, -0.1) is 0 Å². The summed E-state index contributed by atoms with van der Waals surface area (Å²) in [5.41, 5.74) is 3.82. The van der Waals surface area contributed by atoms with Crippen LogP contribution in [0.4, 0.5) is 0 Å². The Bertz CT molecular complexity index is 977. The van der Waals surface area contributed by atoms with Gasteiger partial charge in [-0.3, -0.25) is 9.59 Å². The quantitative estimate of drug-likeness (QED) is 0.710. The summed E-state index contributed by atoms with van der Waals surface area (Å²) in [4.78, 5) is 27.4. The largest absolute Gasteiger partial charge is 0.467 e. The van der Waals surface area contributed by atoms with E-state index in [0.717, 1.165) is 22.3 Å². The molecule has 1 N–H and O–H groups in total. The summed E-state index contributed by atoms with van der Waals surface area (Å²) in [5.74, 6) is 0.552. The molecule has 3 aromatic rings. The lowest BCUT2D eigenvalue weighted by molar-refractivity contribution is -0.122. The summed E-state index contributed by atoms with van der Waals surface area (Å²) in [6.45, 7) is 2.87. The number of hydrogen-bond acceptors (Lipinski definition) is 3. The first-order chi connectivity index (χ1) is 13.6. The van der Waals surface area contributed by atoms with Gasteiger partial charge in [0.05, 0.1) is 25.3 Å². The molecule has 2 amide bonds. The monoisotopic (exact) mass is 374 g/mol. The average Bonchev–Trinajstić information content (AvgIpc) is 3.34. The van der Waals surface area contributed by atoms with E-state index >= 15 is 0 Å². The van der Waals surface area contributed by atoms with Gasteiger partial charge in [-0.2, -0.15) is 0 Å². The number of rotatable bonds is 6. The van der Waals surface area contributed by atoms with Gasteiger partial charge in [0.25, 0.3) is 5.91 Å². The van der Waals surface area contributed by atoms with Crippen LogP contribution in [0.15, 0.2) is 71.3 Å². The molecule has 0 saturated heterocycles. The second-order valence-electron chi connectivity index (χ2n) is 7.08. The molecular formula is C23H22N2O3. The Balaban J connectivity index is 1.55. The molecule has 5 heteroatoms. The molecule has 1 aromatic heterocycles. The second-order valence-corrected chi connectivity index (χ2v) is 7.08. The van der Waals surface area contributed by atoms with Crippen LogP contribution in [0.25, 0.3) is 0 Å². The summed E-state index contributed by atoms with van der Waals surface area (Å²) in [7, 11) is 0. The summed E-state index contributed by atoms with van der Waals surface area (Å²) < 4.78 is 5.27. The first-order valence-corrected chi connectivity index (χ1v) is 9.36. The zero-order valence-corrected chi connectivity index (χ0v) is 15.7. The first-order valence-electron chi connectivity index (χ1n) is 9.36. The van der Waals surface area contributed by atoms with Gasteiger partial charge >= 0.3 is 0 Å². The highest BCUT2D eigenvalue weighted by atomic mass is 16.3. The number of furan rings is 1. The lowest BCUT2D eigenvalue weighted by Crippen LogP contribution is -2.34. The molecule has 2 aromatic carbocycles. The maximum Gasteiger partial charge on any atom is 0.255 e. The molecule has 5 nitrogen and oxygen atoms in total. The molecule has 4 rings (SSSR count). The van der Waals surface area contributed by atoms with Crippen molar-refractivity contribution in [3.8, 4) is 0 Å². The van der Waals surface area contributed by atoms with Gasteiger partial charge < -0.3 is 14.6 Å². The molecule has 28 heavy (non-hydrogen) atoms. The maximum absolute atomic E-state index is 13.0. The molecule has 1 aliphatic rings. The Hall–Kier alpha value is -3.34. The number of carbonyl (C=O) groups is 2. The number of amides is 2. The smallest absolute Gasteiger partial charge is 0.255 e. The van der Waals surface area contributed by atoms with Crippen molar-refractivity contribution < 1.29 is 14.0 Å². The van der Waals surface area contributed by atoms with E-state index in [9.17, 15) is 9.59 Å². The van der Waals surface area contributed by atoms with Crippen LogP contribution in [0.3, 0.4) is 0 Å². The van der Waals surface area contributed by atoms with Gasteiger partial charge in [0, 0.05) is 12.1 Å². The molecule has 1 atom stereocenters. The SMILES string of the molecule is Cc1ccc([C@H](CC(=O)NCc2ccco2)N2Cc3ccccc3C2=O)cc1. The zero-order valence-electron chi connectivity index (χ0n) is 15.7. The number of benzene rings is 2. The molecule has 1 aliphatic heterocycles. The predicted molar refractivity (Wildman–Crippen MR) is 105 cm³/mol. The fourth-order valence-electron chi connectivity index (χ4n) is 3.57. The van der Waals surface area contributed by atoms with Crippen molar-refractivity contribution >= 4 is 11.8 Å². The molecule has 0 spiro atoms. The first kappa shape index (κ1) is 18.0. The van der Waals surface area contributed by atoms with E-state index in [1.165, 1.54) is 0 Å². The minimum Gasteiger partial charge on any atom is -0.467 e. The van der Waals surface area contributed by atoms with Crippen molar-refractivity contribution in [1.29, 1.82) is 0 Å². The van der Waals surface area contributed by atoms with Crippen LogP contribution in [-0.2, 0) is 17.9 Å². The maximum atomic E-state index is 13.0. The Labute approximate surface area is 164 Å². The summed E-state index contributed by atoms with van der Waals surface area (Å²) in [5, 5.41) is 2.89. The molecule has 0 fully saturated rings. The molecule has 142 valence electrons. The van der Waals surface area contributed by atoms with Crippen molar-refractivity contribution in [2.45, 2.75) is 32.5 Å². The highest BCUT2D eigenvalue weighted by molar-refractivity contribution is 5.98. The highest BCUT2D eigenvalue weighted by Gasteiger charge is 2.34. The van der Waals surface area contributed by atoms with Gasteiger partial charge in [-0.25, -0.2) is 0 Å². The van der Waals surface area contributed by atoms with Gasteiger partial charge in [-0.1, -0.05) is 48.0 Å². The van der Waals surface area contributed by atoms with E-state index < -0.39 is 0 Å². The number of aryl methyl sites for hydroxylation is 1. The van der Waals surface area contributed by atoms with Crippen molar-refractivity contribution in [3.05, 3.63) is 94.9 Å². The Kier molecular flexibility index (Phi) is 4.98. The minimum atomic E-state index is -0.322. The third-order valence-electron chi connectivity index (χ3n) is 5.11. The molecule has 0 bridgehead atoms. The van der Waals surface area contributed by atoms with Crippen molar-refractivity contribution in [2.24, 2.45) is 0 Å². The Morgan fingerprint density at radius 3 is 2.61 bits per heavy atom. The van der Waals surface area contributed by atoms with E-state index in [4.69, 9.17) is 4.42 Å². The lowest BCUT2D eigenvalue weighted by atomic mass is 10.00. The topological polar surface area (TPSA) is 62.6 Å². The van der Waals surface area contributed by atoms with Crippen LogP contribution in [0.1, 0.15) is 45.3 Å². The van der Waals surface area contributed by atoms with Crippen LogP contribution >= 0.6 is 0 Å². The number of nitrogens with one attached hydrogen (secondary N) is 1. The standard InChI is InChI=1S/C23H22N2O3/c1-16-8-10-17(11-9-16)21(13-22(26)24-14-19-6-4-12-28-19)25-15-18-5-2-3-7-20(18)23(25)27/h2-12,21H,13-15H2,1H3,(H,24,26)/t21-/m0/s1. The van der Waals surface area contributed by atoms with Crippen LogP contribution in [0, 0.1) is 6.92 Å². The number of carbonyl (C=O) groups excluding carboxylic acids is 2. The second kappa shape index (κ2) is 7.72. The molecule has 0 unspecified atom stereocenters. The van der Waals surface area contributed by atoms with Crippen molar-refractivity contribution in [1.82, 2.24) is 10.2 Å². The zero-order chi connectivity index (χ0) is 19.5. The lowest BCUT2D eigenvalue weighted by Gasteiger charge is -2.28. The minimum absolute atomic E-state index is 0.0278. The Morgan fingerprint density at radius 2 is 1.89 bits per heavy atom. The molecule has 0 aliphatic carbocycles. The molecule has 2 heterocycles.